The number of para-hydroxylation sites is 1. The highest BCUT2D eigenvalue weighted by Gasteiger charge is 2.20. The van der Waals surface area contributed by atoms with Crippen LogP contribution in [-0.2, 0) is 4.79 Å². The van der Waals surface area contributed by atoms with Gasteiger partial charge in [-0.25, -0.2) is 9.97 Å². The van der Waals surface area contributed by atoms with Gasteiger partial charge in [0, 0.05) is 39.2 Å². The van der Waals surface area contributed by atoms with E-state index in [1.165, 1.54) is 6.33 Å². The molecule has 0 saturated carbocycles. The third-order valence-corrected chi connectivity index (χ3v) is 4.39. The van der Waals surface area contributed by atoms with Gasteiger partial charge in [-0.1, -0.05) is 23.7 Å². The van der Waals surface area contributed by atoms with E-state index in [4.69, 9.17) is 11.6 Å². The Balaban J connectivity index is 1.70. The van der Waals surface area contributed by atoms with Crippen molar-refractivity contribution in [2.75, 3.05) is 36.4 Å². The average Bonchev–Trinajstić information content (AvgIpc) is 2.64. The fourth-order valence-corrected chi connectivity index (χ4v) is 2.83. The molecule has 7 nitrogen and oxygen atoms in total. The van der Waals surface area contributed by atoms with Crippen LogP contribution in [0, 0.1) is 0 Å². The van der Waals surface area contributed by atoms with Crippen molar-refractivity contribution in [3.63, 3.8) is 0 Å². The third-order valence-electron chi connectivity index (χ3n) is 4.06. The van der Waals surface area contributed by atoms with Gasteiger partial charge in [0.2, 0.25) is 5.91 Å². The first kappa shape index (κ1) is 17.2. The quantitative estimate of drug-likeness (QED) is 0.907. The maximum absolute atomic E-state index is 12.4. The molecule has 0 radical (unpaired) electrons. The smallest absolute Gasteiger partial charge is 0.274 e. The minimum atomic E-state index is -0.348. The van der Waals surface area contributed by atoms with Crippen molar-refractivity contribution < 1.29 is 9.59 Å². The van der Waals surface area contributed by atoms with E-state index >= 15 is 0 Å². The molecule has 1 aliphatic rings. The Kier molecular flexibility index (Phi) is 5.14. The van der Waals surface area contributed by atoms with Gasteiger partial charge in [-0.3, -0.25) is 9.59 Å². The Labute approximate surface area is 150 Å². The number of amides is 2. The highest BCUT2D eigenvalue weighted by Crippen LogP contribution is 2.21. The summed E-state index contributed by atoms with van der Waals surface area (Å²) >= 11 is 6.06. The van der Waals surface area contributed by atoms with Crippen LogP contribution >= 0.6 is 11.6 Å². The number of nitrogens with zero attached hydrogens (tertiary/aromatic N) is 4. The maximum atomic E-state index is 12.4. The van der Waals surface area contributed by atoms with Crippen molar-refractivity contribution in [3.8, 4) is 0 Å². The normalized spacial score (nSPS) is 14.3. The number of hydrogen-bond acceptors (Lipinski definition) is 5. The Morgan fingerprint density at radius 2 is 1.84 bits per heavy atom. The second kappa shape index (κ2) is 7.48. The summed E-state index contributed by atoms with van der Waals surface area (Å²) < 4.78 is 0. The van der Waals surface area contributed by atoms with Gasteiger partial charge < -0.3 is 15.1 Å². The van der Waals surface area contributed by atoms with Crippen LogP contribution in [0.3, 0.4) is 0 Å². The Morgan fingerprint density at radius 1 is 1.12 bits per heavy atom. The van der Waals surface area contributed by atoms with Gasteiger partial charge >= 0.3 is 0 Å². The van der Waals surface area contributed by atoms with Crippen LogP contribution < -0.4 is 10.2 Å². The number of aromatic nitrogens is 2. The number of rotatable bonds is 3. The predicted molar refractivity (Wildman–Crippen MR) is 95.9 cm³/mol. The molecule has 2 heterocycles. The van der Waals surface area contributed by atoms with Crippen LogP contribution in [0.1, 0.15) is 17.4 Å². The van der Waals surface area contributed by atoms with E-state index in [0.29, 0.717) is 42.7 Å². The molecule has 1 saturated heterocycles. The minimum Gasteiger partial charge on any atom is -0.353 e. The van der Waals surface area contributed by atoms with Crippen molar-refractivity contribution in [2.45, 2.75) is 6.92 Å². The van der Waals surface area contributed by atoms with Crippen LogP contribution in [0.15, 0.2) is 36.7 Å². The summed E-state index contributed by atoms with van der Waals surface area (Å²) in [5.74, 6) is 0.392. The third kappa shape index (κ3) is 4.06. The molecule has 0 unspecified atom stereocenters. The van der Waals surface area contributed by atoms with Crippen molar-refractivity contribution in [2.24, 2.45) is 0 Å². The van der Waals surface area contributed by atoms with Crippen LogP contribution in [0.5, 0.6) is 0 Å². The number of nitrogens with one attached hydrogen (secondary N) is 1. The van der Waals surface area contributed by atoms with E-state index in [0.717, 1.165) is 0 Å². The van der Waals surface area contributed by atoms with Crippen molar-refractivity contribution in [1.29, 1.82) is 0 Å². The van der Waals surface area contributed by atoms with E-state index < -0.39 is 0 Å². The van der Waals surface area contributed by atoms with Crippen molar-refractivity contribution >= 4 is 34.9 Å². The van der Waals surface area contributed by atoms with Crippen LogP contribution in [0.2, 0.25) is 5.02 Å². The lowest BCUT2D eigenvalue weighted by Crippen LogP contribution is -2.48. The van der Waals surface area contributed by atoms with Gasteiger partial charge in [0.05, 0.1) is 10.7 Å². The van der Waals surface area contributed by atoms with Crippen LogP contribution in [-0.4, -0.2) is 52.9 Å². The van der Waals surface area contributed by atoms with Gasteiger partial charge in [-0.2, -0.15) is 0 Å². The zero-order chi connectivity index (χ0) is 17.8. The number of anilines is 2. The van der Waals surface area contributed by atoms with Crippen molar-refractivity contribution in [3.05, 3.63) is 47.4 Å². The molecular formula is C17H18ClN5O2. The number of carbonyl (C=O) groups excluding carboxylic acids is 2. The monoisotopic (exact) mass is 359 g/mol. The molecule has 0 atom stereocenters. The molecule has 1 aromatic heterocycles. The number of hydrogen-bond donors (Lipinski definition) is 1. The van der Waals surface area contributed by atoms with Crippen LogP contribution in [0.4, 0.5) is 11.5 Å². The molecule has 1 aliphatic heterocycles. The molecule has 8 heteroatoms. The number of benzene rings is 1. The number of carbonyl (C=O) groups is 2. The average molecular weight is 360 g/mol. The zero-order valence-corrected chi connectivity index (χ0v) is 14.5. The first-order chi connectivity index (χ1) is 12.0. The van der Waals surface area contributed by atoms with Gasteiger partial charge in [0.1, 0.15) is 17.8 Å². The summed E-state index contributed by atoms with van der Waals surface area (Å²) in [6, 6.07) is 8.67. The second-order valence-corrected chi connectivity index (χ2v) is 6.10. The first-order valence-electron chi connectivity index (χ1n) is 7.93. The van der Waals surface area contributed by atoms with Gasteiger partial charge in [0.25, 0.3) is 5.91 Å². The molecule has 1 aromatic carbocycles. The molecule has 0 spiro atoms. The van der Waals surface area contributed by atoms with E-state index in [-0.39, 0.29) is 17.5 Å². The zero-order valence-electron chi connectivity index (χ0n) is 13.8. The predicted octanol–water partition coefficient (Wildman–Crippen LogP) is 2.05. The molecule has 2 aromatic rings. The molecule has 25 heavy (non-hydrogen) atoms. The molecule has 2 amide bonds. The lowest BCUT2D eigenvalue weighted by atomic mass is 10.2. The van der Waals surface area contributed by atoms with E-state index in [1.54, 1.807) is 42.2 Å². The van der Waals surface area contributed by atoms with Crippen molar-refractivity contribution in [1.82, 2.24) is 14.9 Å². The first-order valence-corrected chi connectivity index (χ1v) is 8.31. The Hall–Kier alpha value is -2.67. The SMILES string of the molecule is CC(=O)N1CCN(c2cc(C(=O)Nc3ccccc3Cl)ncn2)CC1. The summed E-state index contributed by atoms with van der Waals surface area (Å²) in [6.07, 6.45) is 1.37. The summed E-state index contributed by atoms with van der Waals surface area (Å²) in [6.45, 7) is 4.18. The highest BCUT2D eigenvalue weighted by molar-refractivity contribution is 6.33. The molecule has 3 rings (SSSR count). The lowest BCUT2D eigenvalue weighted by Gasteiger charge is -2.34. The molecule has 1 N–H and O–H groups in total. The Bertz CT molecular complexity index is 790. The van der Waals surface area contributed by atoms with Gasteiger partial charge in [0.15, 0.2) is 0 Å². The Morgan fingerprint density at radius 3 is 2.52 bits per heavy atom. The minimum absolute atomic E-state index is 0.0714. The fraction of sp³-hybridized carbons (Fsp3) is 0.294. The highest BCUT2D eigenvalue weighted by atomic mass is 35.5. The van der Waals surface area contributed by atoms with Gasteiger partial charge in [-0.05, 0) is 12.1 Å². The molecule has 1 fully saturated rings. The fourth-order valence-electron chi connectivity index (χ4n) is 2.64. The summed E-state index contributed by atoms with van der Waals surface area (Å²) in [4.78, 5) is 35.9. The standard InChI is InChI=1S/C17H18ClN5O2/c1-12(24)22-6-8-23(9-7-22)16-10-15(19-11-20-16)17(25)21-14-5-3-2-4-13(14)18/h2-5,10-11H,6-9H2,1H3,(H,21,25). The second-order valence-electron chi connectivity index (χ2n) is 5.69. The summed E-state index contributed by atoms with van der Waals surface area (Å²) in [7, 11) is 0. The molecule has 0 aliphatic carbocycles. The topological polar surface area (TPSA) is 78.4 Å². The summed E-state index contributed by atoms with van der Waals surface area (Å²) in [5, 5.41) is 3.21. The molecular weight excluding hydrogens is 342 g/mol. The van der Waals surface area contributed by atoms with E-state index in [2.05, 4.69) is 15.3 Å². The lowest BCUT2D eigenvalue weighted by molar-refractivity contribution is -0.129. The van der Waals surface area contributed by atoms with Gasteiger partial charge in [-0.15, -0.1) is 0 Å². The summed E-state index contributed by atoms with van der Waals surface area (Å²) in [5.41, 5.74) is 0.795. The maximum Gasteiger partial charge on any atom is 0.274 e. The number of halogens is 1. The van der Waals surface area contributed by atoms with E-state index in [1.807, 2.05) is 4.90 Å². The number of piperazine rings is 1. The van der Waals surface area contributed by atoms with Crippen LogP contribution in [0.25, 0.3) is 0 Å². The molecule has 130 valence electrons. The largest absolute Gasteiger partial charge is 0.353 e. The molecule has 0 bridgehead atoms. The van der Waals surface area contributed by atoms with E-state index in [9.17, 15) is 9.59 Å².